The summed E-state index contributed by atoms with van der Waals surface area (Å²) in [7, 11) is 0. The Hall–Kier alpha value is 8.77. The lowest BCUT2D eigenvalue weighted by atomic mass is 12.0. The molecule has 0 spiro atoms. The molecule has 0 fully saturated rings. The summed E-state index contributed by atoms with van der Waals surface area (Å²) < 4.78 is 26.5. The first-order chi connectivity index (χ1) is 10.4. The normalized spacial score (nSPS) is 8.81. The second-order valence-electron chi connectivity index (χ2n) is 1.39. The minimum absolute atomic E-state index is 0.326. The van der Waals surface area contributed by atoms with E-state index >= 15 is 0 Å². The summed E-state index contributed by atoms with van der Waals surface area (Å²) in [6, 6.07) is 0. The summed E-state index contributed by atoms with van der Waals surface area (Å²) in [5.74, 6) is 0. The van der Waals surface area contributed by atoms with Crippen molar-refractivity contribution >= 4 is 251 Å². The first kappa shape index (κ1) is 29.8. The van der Waals surface area contributed by atoms with Crippen molar-refractivity contribution < 1.29 is 0 Å². The van der Waals surface area contributed by atoms with Gasteiger partial charge in [-0.2, -0.15) is 0 Å². The highest BCUT2D eigenvalue weighted by Gasteiger charge is 1.62. The van der Waals surface area contributed by atoms with E-state index in [1.165, 1.54) is 0 Å². The molecule has 0 N–H and O–H groups in total. The standard InChI is InChI=1S/C7H2I14/c1-9-11-3-13-15-5-17-19-7-21-20-6-18-16-4-14-12-2-10-8/h1H2. The van der Waals surface area contributed by atoms with E-state index in [-0.39, 0.29) is 0 Å². The molecule has 14 heteroatoms. The summed E-state index contributed by atoms with van der Waals surface area (Å²) >= 11 is 7.38. The van der Waals surface area contributed by atoms with Crippen LogP contribution in [0.2, 0.25) is 0 Å². The zero-order valence-corrected chi connectivity index (χ0v) is 39.2. The lowest BCUT2D eigenvalue weighted by molar-refractivity contribution is 4.88. The van der Waals surface area contributed by atoms with Crippen LogP contribution in [0.1, 0.15) is 0 Å². The van der Waals surface area contributed by atoms with Crippen LogP contribution in [0.5, 0.6) is 0 Å². The van der Waals surface area contributed by atoms with Gasteiger partial charge in [0.05, 0.1) is 0 Å². The van der Waals surface area contributed by atoms with Gasteiger partial charge in [0.2, 0.25) is 0 Å². The summed E-state index contributed by atoms with van der Waals surface area (Å²) in [5.41, 5.74) is 0. The van der Waals surface area contributed by atoms with Gasteiger partial charge < -0.3 is 0 Å². The van der Waals surface area contributed by atoms with Gasteiger partial charge in [0.25, 0.3) is 0 Å². The maximum absolute atomic E-state index is 4.01. The van der Waals surface area contributed by atoms with Gasteiger partial charge in [0, 0.05) is 220 Å². The van der Waals surface area contributed by atoms with Crippen LogP contribution < -0.4 is 0 Å². The van der Waals surface area contributed by atoms with Gasteiger partial charge in [0.15, 0.2) is 0 Å². The average Bonchev–Trinajstić information content (AvgIpc) is 2.50. The summed E-state index contributed by atoms with van der Waals surface area (Å²) in [5, 5.41) is 0. The van der Waals surface area contributed by atoms with Crippen molar-refractivity contribution in [2.45, 2.75) is 0 Å². The van der Waals surface area contributed by atoms with E-state index in [2.05, 4.69) is 32.7 Å². The predicted molar refractivity (Wildman–Crippen MR) is 233 cm³/mol. The molecule has 0 aromatic heterocycles. The summed E-state index contributed by atoms with van der Waals surface area (Å²) in [6.07, 6.45) is 0. The maximum atomic E-state index is 4.01. The molecule has 0 heterocycles. The maximum Gasteiger partial charge on any atom is 0.0160 e. The van der Waals surface area contributed by atoms with Crippen LogP contribution >= 0.6 is 236 Å². The van der Waals surface area contributed by atoms with E-state index in [0.29, 0.717) is 218 Å². The van der Waals surface area contributed by atoms with E-state index in [0.717, 1.165) is 0 Å². The Morgan fingerprint density at radius 1 is 0.476 bits per heavy atom. The monoisotopic (exact) mass is 1860 g/mol. The van der Waals surface area contributed by atoms with Crippen LogP contribution in [-0.4, -0.2) is 14.1 Å². The number of rotatable bonds is 6. The lowest BCUT2D eigenvalue weighted by Crippen LogP contribution is -1.18. The molecule has 128 valence electrons. The van der Waals surface area contributed by atoms with Crippen molar-refractivity contribution in [2.75, 3.05) is 0 Å². The van der Waals surface area contributed by atoms with Crippen LogP contribution in [-0.2, 0) is 0 Å². The third kappa shape index (κ3) is 28.8. The third-order valence-electron chi connectivity index (χ3n) is 0.553. The quantitative estimate of drug-likeness (QED) is 0.233. The van der Waals surface area contributed by atoms with Gasteiger partial charge in [0.1, 0.15) is 0 Å². The van der Waals surface area contributed by atoms with Gasteiger partial charge in [-0.05, 0) is 9.62 Å². The van der Waals surface area contributed by atoms with E-state index in [1.54, 1.807) is 0 Å². The van der Waals surface area contributed by atoms with Crippen molar-refractivity contribution in [1.82, 2.24) is 0 Å². The number of hydrogen-bond acceptors (Lipinski definition) is 0. The number of hydrogen-bond donors (Lipinski definition) is 0. The van der Waals surface area contributed by atoms with E-state index in [4.69, 9.17) is 0 Å². The summed E-state index contributed by atoms with van der Waals surface area (Å²) in [4.78, 5) is 0. The van der Waals surface area contributed by atoms with Gasteiger partial charge in [-0.25, -0.2) is 0 Å². The molecule has 21 heavy (non-hydrogen) atoms. The average molecular weight is 1860 g/mol. The summed E-state index contributed by atoms with van der Waals surface area (Å²) in [6.45, 7) is 0. The second-order valence-corrected chi connectivity index (χ2v) is 62.4. The fourth-order valence-corrected chi connectivity index (χ4v) is 170. The molecule has 0 amide bonds. The highest BCUT2D eigenvalue weighted by Crippen LogP contribution is 2.28. The fraction of sp³-hybridized carbons (Fsp3) is 0. The molecule has 0 radical (unpaired) electrons. The van der Waals surface area contributed by atoms with Crippen molar-refractivity contribution in [1.29, 1.82) is 0 Å². The largest absolute Gasteiger partial charge is 0.0594 e. The smallest absolute Gasteiger partial charge is 0.0160 e. The van der Waals surface area contributed by atoms with Crippen molar-refractivity contribution in [3.63, 3.8) is 0 Å². The van der Waals surface area contributed by atoms with E-state index < -0.39 is 0 Å². The Balaban J connectivity index is 4.35. The Morgan fingerprint density at radius 3 is 1.05 bits per heavy atom. The molecular formula is C7H2I14. The molecule has 0 nitrogen and oxygen atoms in total. The fourth-order valence-electron chi connectivity index (χ4n) is 0.215. The molecule has 0 aromatic carbocycles. The molecule has 0 saturated heterocycles. The van der Waals surface area contributed by atoms with Crippen LogP contribution in [0.4, 0.5) is 0 Å². The SMILES string of the molecule is C=II=C=II=C=II=C=II=C=II=C=II=C=II. The number of halogens is 14. The molecule has 0 atom stereocenters. The first-order valence-corrected chi connectivity index (χ1v) is 62.0. The predicted octanol–water partition coefficient (Wildman–Crippen LogP) is 10.7. The van der Waals surface area contributed by atoms with Gasteiger partial charge >= 0.3 is 0 Å². The van der Waals surface area contributed by atoms with Crippen LogP contribution in [0.3, 0.4) is 0 Å². The van der Waals surface area contributed by atoms with Crippen LogP contribution in [0.15, 0.2) is 0 Å². The Bertz CT molecular complexity index is 698. The topological polar surface area (TPSA) is 0 Å². The van der Waals surface area contributed by atoms with E-state index in [1.807, 2.05) is 0 Å². The molecule has 0 rings (SSSR count). The zero-order valence-electron chi connectivity index (χ0n) is 9.00. The Morgan fingerprint density at radius 2 is 0.762 bits per heavy atom. The highest BCUT2D eigenvalue weighted by molar-refractivity contribution is 15.1. The Labute approximate surface area is 240 Å². The van der Waals surface area contributed by atoms with Crippen molar-refractivity contribution in [3.8, 4) is 0 Å². The molecule has 0 unspecified atom stereocenters. The molecule has 0 aromatic rings. The highest BCUT2D eigenvalue weighted by atomic mass is 128. The molecule has 0 saturated carbocycles. The molecule has 0 aliphatic carbocycles. The second kappa shape index (κ2) is 28.8. The third-order valence-corrected chi connectivity index (χ3v) is 108. The molecule has 0 aliphatic heterocycles. The van der Waals surface area contributed by atoms with E-state index in [9.17, 15) is 0 Å². The minimum atomic E-state index is 0.326. The molecule has 0 aliphatic rings. The van der Waals surface area contributed by atoms with Gasteiger partial charge in [-0.3, -0.25) is 0 Å². The van der Waals surface area contributed by atoms with Gasteiger partial charge in [-0.1, -0.05) is 21.3 Å². The van der Waals surface area contributed by atoms with Gasteiger partial charge in [-0.15, -0.1) is 0 Å². The van der Waals surface area contributed by atoms with Crippen LogP contribution in [0.25, 0.3) is 0 Å². The lowest BCUT2D eigenvalue weighted by Gasteiger charge is -1.60. The minimum Gasteiger partial charge on any atom is -0.0594 e. The molecular weight excluding hydrogens is 1860 g/mol. The van der Waals surface area contributed by atoms with Crippen molar-refractivity contribution in [3.05, 3.63) is 0 Å². The molecule has 0 bridgehead atoms. The zero-order chi connectivity index (χ0) is 15.4. The van der Waals surface area contributed by atoms with Crippen LogP contribution in [0, 0.1) is 0 Å². The van der Waals surface area contributed by atoms with Crippen molar-refractivity contribution in [2.24, 2.45) is 0 Å². The Kier molecular flexibility index (Phi) is 40.8. The first-order valence-electron chi connectivity index (χ1n) is 3.54.